The predicted molar refractivity (Wildman–Crippen MR) is 88.8 cm³/mol. The summed E-state index contributed by atoms with van der Waals surface area (Å²) in [5.74, 6) is -0.158. The molecule has 0 bridgehead atoms. The largest absolute Gasteiger partial charge is 0.346 e. The highest BCUT2D eigenvalue weighted by Crippen LogP contribution is 2.32. The summed E-state index contributed by atoms with van der Waals surface area (Å²) >= 11 is 8.22. The lowest BCUT2D eigenvalue weighted by molar-refractivity contribution is -0.0440. The van der Waals surface area contributed by atoms with Crippen LogP contribution in [-0.2, 0) is 9.47 Å². The molecule has 2 heterocycles. The number of amides is 1. The van der Waals surface area contributed by atoms with E-state index in [0.717, 1.165) is 13.1 Å². The molecule has 1 N–H and O–H groups in total. The van der Waals surface area contributed by atoms with Crippen molar-refractivity contribution in [3.63, 3.8) is 0 Å². The summed E-state index contributed by atoms with van der Waals surface area (Å²) in [6.07, 6.45) is -0.344. The van der Waals surface area contributed by atoms with Gasteiger partial charge in [-0.15, -0.1) is 11.3 Å². The highest BCUT2D eigenvalue weighted by molar-refractivity contribution is 9.12. The standard InChI is InChI=1S/C14H11Br2NO3S/c15-11-7-10(12(16)21-11)13(18)17-9-3-1-2-8(6-9)14-19-4-5-20-14/h1-3,6-7,14H,4-5H2,(H,17,18). The Labute approximate surface area is 142 Å². The van der Waals surface area contributed by atoms with E-state index < -0.39 is 0 Å². The Balaban J connectivity index is 1.77. The smallest absolute Gasteiger partial charge is 0.257 e. The highest BCUT2D eigenvalue weighted by atomic mass is 79.9. The molecule has 2 aromatic rings. The molecule has 1 fully saturated rings. The predicted octanol–water partition coefficient (Wildman–Crippen LogP) is 4.57. The van der Waals surface area contributed by atoms with Crippen molar-refractivity contribution >= 4 is 54.8 Å². The first-order valence-electron chi connectivity index (χ1n) is 6.23. The Kier molecular flexibility index (Phi) is 4.75. The topological polar surface area (TPSA) is 47.6 Å². The zero-order valence-corrected chi connectivity index (χ0v) is 14.8. The molecule has 0 unspecified atom stereocenters. The van der Waals surface area contributed by atoms with Crippen LogP contribution in [0.4, 0.5) is 5.69 Å². The quantitative estimate of drug-likeness (QED) is 0.772. The van der Waals surface area contributed by atoms with Crippen LogP contribution in [0, 0.1) is 0 Å². The maximum atomic E-state index is 12.3. The molecule has 21 heavy (non-hydrogen) atoms. The number of halogens is 2. The lowest BCUT2D eigenvalue weighted by Crippen LogP contribution is -2.12. The molecule has 1 aliphatic rings. The molecule has 0 spiro atoms. The Morgan fingerprint density at radius 3 is 2.67 bits per heavy atom. The van der Waals surface area contributed by atoms with Crippen molar-refractivity contribution in [3.05, 3.63) is 49.0 Å². The van der Waals surface area contributed by atoms with Crippen LogP contribution < -0.4 is 5.32 Å². The summed E-state index contributed by atoms with van der Waals surface area (Å²) < 4.78 is 12.6. The fraction of sp³-hybridized carbons (Fsp3) is 0.214. The zero-order valence-electron chi connectivity index (χ0n) is 10.8. The number of thiophene rings is 1. The van der Waals surface area contributed by atoms with Crippen LogP contribution in [0.3, 0.4) is 0 Å². The molecular formula is C14H11Br2NO3S. The van der Waals surface area contributed by atoms with E-state index in [-0.39, 0.29) is 12.2 Å². The van der Waals surface area contributed by atoms with E-state index in [2.05, 4.69) is 37.2 Å². The molecule has 4 nitrogen and oxygen atoms in total. The second-order valence-electron chi connectivity index (χ2n) is 4.39. The fourth-order valence-corrected chi connectivity index (χ4v) is 4.80. The van der Waals surface area contributed by atoms with Gasteiger partial charge in [0.25, 0.3) is 5.91 Å². The normalized spacial score (nSPS) is 15.3. The summed E-state index contributed by atoms with van der Waals surface area (Å²) in [6, 6.07) is 9.28. The number of hydrogen-bond donors (Lipinski definition) is 1. The number of anilines is 1. The van der Waals surface area contributed by atoms with Gasteiger partial charge in [0, 0.05) is 11.3 Å². The minimum Gasteiger partial charge on any atom is -0.346 e. The molecule has 1 aromatic carbocycles. The van der Waals surface area contributed by atoms with Gasteiger partial charge in [-0.05, 0) is 50.1 Å². The fourth-order valence-electron chi connectivity index (χ4n) is 2.01. The number of nitrogens with one attached hydrogen (secondary N) is 1. The van der Waals surface area contributed by atoms with Gasteiger partial charge in [0.1, 0.15) is 0 Å². The highest BCUT2D eigenvalue weighted by Gasteiger charge is 2.19. The van der Waals surface area contributed by atoms with Crippen molar-refractivity contribution < 1.29 is 14.3 Å². The molecule has 1 aliphatic heterocycles. The molecule has 110 valence electrons. The lowest BCUT2D eigenvalue weighted by Gasteiger charge is -2.11. The lowest BCUT2D eigenvalue weighted by atomic mass is 10.2. The van der Waals surface area contributed by atoms with Crippen molar-refractivity contribution in [1.29, 1.82) is 0 Å². The number of benzene rings is 1. The summed E-state index contributed by atoms with van der Waals surface area (Å²) in [5.41, 5.74) is 2.22. The average molecular weight is 433 g/mol. The van der Waals surface area contributed by atoms with E-state index in [1.807, 2.05) is 24.3 Å². The van der Waals surface area contributed by atoms with Crippen LogP contribution in [0.1, 0.15) is 22.2 Å². The van der Waals surface area contributed by atoms with E-state index in [1.165, 1.54) is 11.3 Å². The Morgan fingerprint density at radius 2 is 2.00 bits per heavy atom. The molecule has 1 saturated heterocycles. The van der Waals surface area contributed by atoms with E-state index in [1.54, 1.807) is 6.07 Å². The van der Waals surface area contributed by atoms with Crippen LogP contribution >= 0.6 is 43.2 Å². The Hall–Kier alpha value is -0.730. The number of hydrogen-bond acceptors (Lipinski definition) is 4. The first kappa shape index (κ1) is 15.2. The molecule has 0 saturated carbocycles. The van der Waals surface area contributed by atoms with Gasteiger partial charge in [-0.25, -0.2) is 0 Å². The third-order valence-corrected chi connectivity index (χ3v) is 5.28. The van der Waals surface area contributed by atoms with Crippen LogP contribution in [0.15, 0.2) is 37.9 Å². The molecule has 7 heteroatoms. The Morgan fingerprint density at radius 1 is 1.24 bits per heavy atom. The van der Waals surface area contributed by atoms with Gasteiger partial charge in [-0.2, -0.15) is 0 Å². The van der Waals surface area contributed by atoms with Crippen LogP contribution in [0.2, 0.25) is 0 Å². The minimum atomic E-state index is -0.344. The average Bonchev–Trinajstić information content (AvgIpc) is 3.08. The van der Waals surface area contributed by atoms with Gasteiger partial charge in [0.05, 0.1) is 26.4 Å². The summed E-state index contributed by atoms with van der Waals surface area (Å²) in [7, 11) is 0. The first-order valence-corrected chi connectivity index (χ1v) is 8.63. The molecule has 1 amide bonds. The maximum Gasteiger partial charge on any atom is 0.257 e. The second-order valence-corrected chi connectivity index (χ2v) is 8.14. The van der Waals surface area contributed by atoms with Gasteiger partial charge in [0.15, 0.2) is 6.29 Å². The maximum absolute atomic E-state index is 12.3. The summed E-state index contributed by atoms with van der Waals surface area (Å²) in [4.78, 5) is 12.3. The van der Waals surface area contributed by atoms with Crippen molar-refractivity contribution in [1.82, 2.24) is 0 Å². The third-order valence-electron chi connectivity index (χ3n) is 2.94. The zero-order chi connectivity index (χ0) is 14.8. The first-order chi connectivity index (χ1) is 10.1. The van der Waals surface area contributed by atoms with Crippen LogP contribution in [0.25, 0.3) is 0 Å². The van der Waals surface area contributed by atoms with Gasteiger partial charge in [-0.3, -0.25) is 4.79 Å². The monoisotopic (exact) mass is 431 g/mol. The van der Waals surface area contributed by atoms with Crippen molar-refractivity contribution in [2.45, 2.75) is 6.29 Å². The van der Waals surface area contributed by atoms with Crippen molar-refractivity contribution in [2.24, 2.45) is 0 Å². The summed E-state index contributed by atoms with van der Waals surface area (Å²) in [5, 5.41) is 2.88. The van der Waals surface area contributed by atoms with E-state index in [0.29, 0.717) is 24.5 Å². The van der Waals surface area contributed by atoms with E-state index >= 15 is 0 Å². The molecule has 0 radical (unpaired) electrons. The molecule has 0 atom stereocenters. The van der Waals surface area contributed by atoms with Crippen LogP contribution in [0.5, 0.6) is 0 Å². The molecular weight excluding hydrogens is 422 g/mol. The second kappa shape index (κ2) is 6.58. The van der Waals surface area contributed by atoms with E-state index in [9.17, 15) is 4.79 Å². The molecule has 1 aromatic heterocycles. The molecule has 0 aliphatic carbocycles. The summed E-state index contributed by atoms with van der Waals surface area (Å²) in [6.45, 7) is 1.19. The minimum absolute atomic E-state index is 0.158. The van der Waals surface area contributed by atoms with Crippen molar-refractivity contribution in [2.75, 3.05) is 18.5 Å². The Bertz CT molecular complexity index is 668. The van der Waals surface area contributed by atoms with Gasteiger partial charge in [-0.1, -0.05) is 12.1 Å². The third kappa shape index (κ3) is 3.54. The number of carbonyl (C=O) groups excluding carboxylic acids is 1. The SMILES string of the molecule is O=C(Nc1cccc(C2OCCO2)c1)c1cc(Br)sc1Br. The molecule has 3 rings (SSSR count). The number of carbonyl (C=O) groups is 1. The number of rotatable bonds is 3. The van der Waals surface area contributed by atoms with Gasteiger partial charge in [0.2, 0.25) is 0 Å². The van der Waals surface area contributed by atoms with Crippen molar-refractivity contribution in [3.8, 4) is 0 Å². The van der Waals surface area contributed by atoms with E-state index in [4.69, 9.17) is 9.47 Å². The van der Waals surface area contributed by atoms with Gasteiger partial charge < -0.3 is 14.8 Å². The van der Waals surface area contributed by atoms with Gasteiger partial charge >= 0.3 is 0 Å². The number of ether oxygens (including phenoxy) is 2. The van der Waals surface area contributed by atoms with Crippen LogP contribution in [-0.4, -0.2) is 19.1 Å².